The number of hydrogen-bond acceptors (Lipinski definition) is 3. The van der Waals surface area contributed by atoms with E-state index in [1.807, 2.05) is 0 Å². The Morgan fingerprint density at radius 2 is 2.00 bits per heavy atom. The Bertz CT molecular complexity index is 246. The van der Waals surface area contributed by atoms with Crippen LogP contribution in [0.2, 0.25) is 0 Å². The summed E-state index contributed by atoms with van der Waals surface area (Å²) in [6.07, 6.45) is 3.43. The van der Waals surface area contributed by atoms with Crippen molar-refractivity contribution in [3.05, 3.63) is 0 Å². The van der Waals surface area contributed by atoms with E-state index in [2.05, 4.69) is 10.1 Å². The maximum Gasteiger partial charge on any atom is 0.406 e. The van der Waals surface area contributed by atoms with Crippen LogP contribution in [0.25, 0.3) is 0 Å². The Hall–Kier alpha value is -1.26. The lowest BCUT2D eigenvalue weighted by Crippen LogP contribution is -2.37. The number of aliphatic carboxylic acids is 1. The molecule has 1 aliphatic carbocycles. The molecule has 0 aliphatic heterocycles. The number of carboxylic acids is 1. The van der Waals surface area contributed by atoms with Crippen LogP contribution < -0.4 is 5.32 Å². The summed E-state index contributed by atoms with van der Waals surface area (Å²) in [5.41, 5.74) is -0.264. The maximum absolute atomic E-state index is 10.9. The highest BCUT2D eigenvalue weighted by Crippen LogP contribution is 2.40. The molecule has 0 unspecified atom stereocenters. The summed E-state index contributed by atoms with van der Waals surface area (Å²) >= 11 is 0. The van der Waals surface area contributed by atoms with Gasteiger partial charge in [0.25, 0.3) is 0 Å². The van der Waals surface area contributed by atoms with Gasteiger partial charge in [-0.05, 0) is 18.3 Å². The molecule has 15 heavy (non-hydrogen) atoms. The molecule has 0 spiro atoms. The molecule has 86 valence electrons. The number of ether oxygens (including phenoxy) is 1. The molecule has 0 radical (unpaired) electrons. The number of hydrogen-bond donors (Lipinski definition) is 2. The second-order valence-electron chi connectivity index (χ2n) is 4.12. The molecule has 0 aromatic rings. The molecular formula is C10H17NO4. The number of rotatable bonds is 4. The zero-order chi connectivity index (χ0) is 11.3. The fourth-order valence-electron chi connectivity index (χ4n) is 2.19. The Morgan fingerprint density at radius 1 is 1.40 bits per heavy atom. The predicted octanol–water partition coefficient (Wildman–Crippen LogP) is 1.38. The van der Waals surface area contributed by atoms with Crippen LogP contribution in [-0.2, 0) is 9.53 Å². The van der Waals surface area contributed by atoms with Crippen molar-refractivity contribution >= 4 is 12.1 Å². The highest BCUT2D eigenvalue weighted by molar-refractivity contribution is 5.69. The predicted molar refractivity (Wildman–Crippen MR) is 53.6 cm³/mol. The quantitative estimate of drug-likeness (QED) is 0.742. The van der Waals surface area contributed by atoms with Gasteiger partial charge in [-0.25, -0.2) is 4.79 Å². The summed E-state index contributed by atoms with van der Waals surface area (Å²) in [6, 6.07) is 0. The van der Waals surface area contributed by atoms with E-state index in [0.717, 1.165) is 25.7 Å². The van der Waals surface area contributed by atoms with Crippen molar-refractivity contribution in [3.63, 3.8) is 0 Å². The SMILES string of the molecule is COC(=O)NCC1(CC(=O)O)CCCC1. The van der Waals surface area contributed by atoms with E-state index in [1.165, 1.54) is 7.11 Å². The summed E-state index contributed by atoms with van der Waals surface area (Å²) < 4.78 is 4.46. The number of alkyl carbamates (subject to hydrolysis) is 1. The van der Waals surface area contributed by atoms with Crippen LogP contribution >= 0.6 is 0 Å². The Labute approximate surface area is 88.8 Å². The van der Waals surface area contributed by atoms with Crippen molar-refractivity contribution in [1.29, 1.82) is 0 Å². The van der Waals surface area contributed by atoms with Crippen LogP contribution in [0.5, 0.6) is 0 Å². The van der Waals surface area contributed by atoms with Crippen molar-refractivity contribution in [1.82, 2.24) is 5.32 Å². The summed E-state index contributed by atoms with van der Waals surface area (Å²) in [4.78, 5) is 21.6. The molecular weight excluding hydrogens is 198 g/mol. The molecule has 0 bridgehead atoms. The second kappa shape index (κ2) is 5.00. The number of amides is 1. The Morgan fingerprint density at radius 3 is 2.47 bits per heavy atom. The molecule has 0 aromatic heterocycles. The van der Waals surface area contributed by atoms with Crippen molar-refractivity contribution in [2.75, 3.05) is 13.7 Å². The molecule has 2 N–H and O–H groups in total. The summed E-state index contributed by atoms with van der Waals surface area (Å²) in [6.45, 7) is 0.395. The first-order valence-electron chi connectivity index (χ1n) is 5.12. The third-order valence-electron chi connectivity index (χ3n) is 2.98. The largest absolute Gasteiger partial charge is 0.481 e. The lowest BCUT2D eigenvalue weighted by Gasteiger charge is -2.26. The van der Waals surface area contributed by atoms with Gasteiger partial charge in [-0.2, -0.15) is 0 Å². The maximum atomic E-state index is 10.9. The molecule has 1 aliphatic rings. The number of carboxylic acid groups (broad SMARTS) is 1. The molecule has 0 atom stereocenters. The molecule has 1 saturated carbocycles. The van der Waals surface area contributed by atoms with Gasteiger partial charge in [-0.15, -0.1) is 0 Å². The van der Waals surface area contributed by atoms with Crippen molar-refractivity contribution < 1.29 is 19.4 Å². The number of carbonyl (C=O) groups excluding carboxylic acids is 1. The van der Waals surface area contributed by atoms with Crippen molar-refractivity contribution in [2.45, 2.75) is 32.1 Å². The molecule has 0 saturated heterocycles. The van der Waals surface area contributed by atoms with Crippen LogP contribution in [-0.4, -0.2) is 30.8 Å². The van der Waals surface area contributed by atoms with E-state index in [0.29, 0.717) is 6.54 Å². The van der Waals surface area contributed by atoms with E-state index in [1.54, 1.807) is 0 Å². The van der Waals surface area contributed by atoms with Gasteiger partial charge in [-0.3, -0.25) is 4.79 Å². The van der Waals surface area contributed by atoms with Crippen LogP contribution in [0.15, 0.2) is 0 Å². The van der Waals surface area contributed by atoms with Crippen LogP contribution in [0.3, 0.4) is 0 Å². The number of nitrogens with one attached hydrogen (secondary N) is 1. The number of carbonyl (C=O) groups is 2. The van der Waals surface area contributed by atoms with Crippen molar-refractivity contribution in [3.8, 4) is 0 Å². The first-order chi connectivity index (χ1) is 7.08. The normalized spacial score (nSPS) is 18.5. The van der Waals surface area contributed by atoms with E-state index in [9.17, 15) is 9.59 Å². The van der Waals surface area contributed by atoms with E-state index >= 15 is 0 Å². The molecule has 0 heterocycles. The fourth-order valence-corrected chi connectivity index (χ4v) is 2.19. The van der Waals surface area contributed by atoms with Gasteiger partial charge in [0.05, 0.1) is 13.5 Å². The van der Waals surface area contributed by atoms with Gasteiger partial charge in [0.15, 0.2) is 0 Å². The zero-order valence-corrected chi connectivity index (χ0v) is 8.91. The average Bonchev–Trinajstić information content (AvgIpc) is 2.62. The van der Waals surface area contributed by atoms with E-state index in [-0.39, 0.29) is 11.8 Å². The molecule has 5 heteroatoms. The standard InChI is InChI=1S/C10H17NO4/c1-15-9(14)11-7-10(6-8(12)13)4-2-3-5-10/h2-7H2,1H3,(H,11,14)(H,12,13). The highest BCUT2D eigenvalue weighted by atomic mass is 16.5. The van der Waals surface area contributed by atoms with Gasteiger partial charge >= 0.3 is 12.1 Å². The second-order valence-corrected chi connectivity index (χ2v) is 4.12. The minimum Gasteiger partial charge on any atom is -0.481 e. The first-order valence-corrected chi connectivity index (χ1v) is 5.12. The molecule has 0 aromatic carbocycles. The monoisotopic (exact) mass is 215 g/mol. The average molecular weight is 215 g/mol. The van der Waals surface area contributed by atoms with Crippen LogP contribution in [0, 0.1) is 5.41 Å². The van der Waals surface area contributed by atoms with Gasteiger partial charge in [0.1, 0.15) is 0 Å². The summed E-state index contributed by atoms with van der Waals surface area (Å²) in [7, 11) is 1.30. The van der Waals surface area contributed by atoms with E-state index < -0.39 is 12.1 Å². The smallest absolute Gasteiger partial charge is 0.406 e. The molecule has 1 amide bonds. The van der Waals surface area contributed by atoms with Crippen LogP contribution in [0.1, 0.15) is 32.1 Å². The van der Waals surface area contributed by atoms with Crippen LogP contribution in [0.4, 0.5) is 4.79 Å². The first kappa shape index (κ1) is 11.8. The van der Waals surface area contributed by atoms with Gasteiger partial charge in [-0.1, -0.05) is 12.8 Å². The minimum atomic E-state index is -0.802. The topological polar surface area (TPSA) is 75.6 Å². The third-order valence-corrected chi connectivity index (χ3v) is 2.98. The Kier molecular flexibility index (Phi) is 3.94. The zero-order valence-electron chi connectivity index (χ0n) is 8.91. The van der Waals surface area contributed by atoms with Gasteiger partial charge in [0.2, 0.25) is 0 Å². The molecule has 1 rings (SSSR count). The molecule has 5 nitrogen and oxygen atoms in total. The minimum absolute atomic E-state index is 0.122. The third kappa shape index (κ3) is 3.42. The lowest BCUT2D eigenvalue weighted by atomic mass is 9.82. The van der Waals surface area contributed by atoms with E-state index in [4.69, 9.17) is 5.11 Å². The summed E-state index contributed by atoms with van der Waals surface area (Å²) in [5, 5.41) is 11.4. The fraction of sp³-hybridized carbons (Fsp3) is 0.800. The van der Waals surface area contributed by atoms with Crippen molar-refractivity contribution in [2.24, 2.45) is 5.41 Å². The Balaban J connectivity index is 2.49. The highest BCUT2D eigenvalue weighted by Gasteiger charge is 2.36. The number of methoxy groups -OCH3 is 1. The summed E-state index contributed by atoms with van der Waals surface area (Å²) in [5.74, 6) is -0.802. The van der Waals surface area contributed by atoms with Gasteiger partial charge < -0.3 is 15.2 Å². The molecule has 1 fully saturated rings. The van der Waals surface area contributed by atoms with Gasteiger partial charge in [0, 0.05) is 6.54 Å². The lowest BCUT2D eigenvalue weighted by molar-refractivity contribution is -0.139.